The molecule has 6 fully saturated rings. The Labute approximate surface area is 626 Å². The molecule has 6 saturated heterocycles. The Hall–Kier alpha value is -8.68. The molecule has 6 atom stereocenters. The van der Waals surface area contributed by atoms with Gasteiger partial charge in [0.05, 0.1) is 64.6 Å². The molecule has 12 rings (SSSR count). The number of piperidine rings is 3. The summed E-state index contributed by atoms with van der Waals surface area (Å²) in [5.41, 5.74) is -0.542. The summed E-state index contributed by atoms with van der Waals surface area (Å²) in [6, 6.07) is 17.0. The zero-order valence-corrected chi connectivity index (χ0v) is 62.0. The number of aromatic nitrogens is 3. The summed E-state index contributed by atoms with van der Waals surface area (Å²) in [7, 11) is 0. The third-order valence-corrected chi connectivity index (χ3v) is 20.3. The van der Waals surface area contributed by atoms with Crippen LogP contribution in [-0.2, 0) is 42.4 Å². The highest BCUT2D eigenvalue weighted by Crippen LogP contribution is 2.43. The zero-order chi connectivity index (χ0) is 79.3. The second kappa shape index (κ2) is 34.3. The standard InChI is InChI=1S/C27H34F4N4O3.C22H26F4N4O.C15H16F3N3.C12H20FNO4.CH4/c1-17-15-35(21-8-7-19(27(29,30)31)23-18(21)6-5-11-32-23)16-20(17)33-22(36)14-26(28)9-12-34(13-10-26)24(37)38-25(2,3)4;1-14-12-30(13-17(14)29-19(31)11-21(23)6-9-27-10-7-21)18-5-4-16(22(24,25)26)20-15(18)3-2-8-28-20;1-9-7-21(8-12(9)19)13-5-4-11(15(16,17)18)14-10(13)3-2-6-20-14;1-11(2,3)18-10(17)14-6-4-12(13,5-7-14)8-9(15)16;/h5-8,11,17,20H,9-10,12-16H2,1-4H3,(H,33,36);2-5,8,14,17,27H,6-7,9-13H2,1H3,(H,29,31);2-6,9,12H,7-8,19H2,1H3;4-8H2,1-3H3,(H,15,16);1H4/t17-,20+;14-,17+;9-,12+;;/m111../s1. The zero-order valence-electron chi connectivity index (χ0n) is 62.0. The van der Waals surface area contributed by atoms with Gasteiger partial charge in [-0.05, 0) is 184 Å². The van der Waals surface area contributed by atoms with E-state index in [4.69, 9.17) is 20.3 Å². The van der Waals surface area contributed by atoms with Gasteiger partial charge in [-0.1, -0.05) is 28.2 Å². The predicted molar refractivity (Wildman–Crippen MR) is 392 cm³/mol. The van der Waals surface area contributed by atoms with Crippen LogP contribution in [0.5, 0.6) is 0 Å². The number of rotatable bonds is 11. The molecule has 20 nitrogen and oxygen atoms in total. The Morgan fingerprint density at radius 1 is 0.486 bits per heavy atom. The number of carbonyl (C=O) groups is 5. The highest BCUT2D eigenvalue weighted by Gasteiger charge is 2.45. The van der Waals surface area contributed by atoms with Gasteiger partial charge in [-0.15, -0.1) is 0 Å². The largest absolute Gasteiger partial charge is 0.481 e. The number of likely N-dealkylation sites (tertiary alicyclic amines) is 2. The van der Waals surface area contributed by atoms with E-state index in [1.807, 2.05) is 28.5 Å². The number of carbonyl (C=O) groups excluding carboxylic acids is 4. The number of fused-ring (bicyclic) bond motifs is 3. The minimum Gasteiger partial charge on any atom is -0.481 e. The monoisotopic (exact) mass is 1550 g/mol. The number of nitrogens with zero attached hydrogens (tertiary/aromatic N) is 8. The van der Waals surface area contributed by atoms with Crippen molar-refractivity contribution in [1.29, 1.82) is 0 Å². The van der Waals surface area contributed by atoms with Crippen molar-refractivity contribution in [2.75, 3.05) is 93.2 Å². The van der Waals surface area contributed by atoms with Crippen LogP contribution in [0.1, 0.15) is 144 Å². The van der Waals surface area contributed by atoms with Gasteiger partial charge in [0.15, 0.2) is 0 Å². The normalized spacial score (nSPS) is 22.1. The van der Waals surface area contributed by atoms with Gasteiger partial charge in [0, 0.05) is 123 Å². The van der Waals surface area contributed by atoms with Crippen LogP contribution in [-0.4, -0.2) is 185 Å². The number of anilines is 3. The second-order valence-electron chi connectivity index (χ2n) is 31.3. The predicted octanol–water partition coefficient (Wildman–Crippen LogP) is 14.9. The van der Waals surface area contributed by atoms with Gasteiger partial charge in [-0.2, -0.15) is 39.5 Å². The van der Waals surface area contributed by atoms with E-state index in [2.05, 4.69) is 37.8 Å². The van der Waals surface area contributed by atoms with Gasteiger partial charge in [0.2, 0.25) is 11.8 Å². The molecule has 9 heterocycles. The number of halogens is 12. The molecule has 32 heteroatoms. The molecule has 600 valence electrons. The van der Waals surface area contributed by atoms with Crippen molar-refractivity contribution in [3.63, 3.8) is 0 Å². The summed E-state index contributed by atoms with van der Waals surface area (Å²) in [6.45, 7) is 21.7. The first kappa shape index (κ1) is 85.9. The van der Waals surface area contributed by atoms with Crippen LogP contribution in [0.25, 0.3) is 32.7 Å². The van der Waals surface area contributed by atoms with E-state index in [1.54, 1.807) is 77.9 Å². The number of pyridine rings is 3. The Morgan fingerprint density at radius 3 is 1.10 bits per heavy atom. The molecule has 4 amide bonds. The number of ether oxygens (including phenoxy) is 2. The van der Waals surface area contributed by atoms with Gasteiger partial charge < -0.3 is 60.8 Å². The number of carboxylic acids is 1. The Morgan fingerprint density at radius 2 is 0.798 bits per heavy atom. The maximum absolute atomic E-state index is 15.5. The van der Waals surface area contributed by atoms with Crippen molar-refractivity contribution in [3.8, 4) is 0 Å². The first-order chi connectivity index (χ1) is 50.3. The van der Waals surface area contributed by atoms with Gasteiger partial charge >= 0.3 is 36.7 Å². The number of amides is 4. The third kappa shape index (κ3) is 22.5. The minimum atomic E-state index is -4.52. The Kier molecular flexibility index (Phi) is 27.0. The fourth-order valence-corrected chi connectivity index (χ4v) is 14.5. The first-order valence-electron chi connectivity index (χ1n) is 36.2. The van der Waals surface area contributed by atoms with E-state index >= 15 is 4.39 Å². The van der Waals surface area contributed by atoms with E-state index in [-0.39, 0.29) is 125 Å². The maximum Gasteiger partial charge on any atom is 0.418 e. The Balaban J connectivity index is 0.000000190. The van der Waals surface area contributed by atoms with Crippen molar-refractivity contribution in [2.45, 2.75) is 192 Å². The van der Waals surface area contributed by atoms with E-state index < -0.39 is 93.9 Å². The lowest BCUT2D eigenvalue weighted by atomic mass is 9.89. The number of carboxylic acid groups (broad SMARTS) is 1. The molecule has 0 bridgehead atoms. The van der Waals surface area contributed by atoms with Crippen molar-refractivity contribution in [3.05, 3.63) is 108 Å². The first-order valence-corrected chi connectivity index (χ1v) is 36.2. The molecule has 3 aromatic heterocycles. The maximum atomic E-state index is 15.5. The van der Waals surface area contributed by atoms with Crippen molar-refractivity contribution >= 4 is 79.7 Å². The minimum absolute atomic E-state index is 0. The van der Waals surface area contributed by atoms with Crippen molar-refractivity contribution < 1.29 is 91.2 Å². The fourth-order valence-electron chi connectivity index (χ4n) is 14.5. The number of nitrogens with one attached hydrogen (secondary N) is 3. The van der Waals surface area contributed by atoms with Crippen LogP contribution in [0.3, 0.4) is 0 Å². The SMILES string of the molecule is C.CC(C)(C)OC(=O)N1CCC(F)(CC(=O)O)CC1.C[C@@H]1CN(c2ccc(C(F)(F)F)c3ncccc23)C[C@@H]1N.C[C@@H]1CN(c2ccc(C(F)(F)F)c3ncccc23)C[C@@H]1NC(=O)CC1(F)CCN(C(=O)OC(C)(C)C)CC1.C[C@@H]1CN(c2ccc(C(F)(F)F)c3ncccc23)C[C@@H]1NC(=O)CC1(F)CCNCC1. The average Bonchev–Trinajstić information content (AvgIpc) is 1.77. The number of hydrogen-bond donors (Lipinski definition) is 5. The number of hydrogen-bond acceptors (Lipinski definition) is 15. The summed E-state index contributed by atoms with van der Waals surface area (Å²) >= 11 is 0. The van der Waals surface area contributed by atoms with Gasteiger partial charge in [0.1, 0.15) is 28.2 Å². The quantitative estimate of drug-likeness (QED) is 0.0758. The molecule has 6 aliphatic heterocycles. The van der Waals surface area contributed by atoms with Gasteiger partial charge in [-0.3, -0.25) is 29.3 Å². The molecular weight excluding hydrogens is 1450 g/mol. The molecule has 0 spiro atoms. The van der Waals surface area contributed by atoms with Crippen molar-refractivity contribution in [2.24, 2.45) is 23.5 Å². The summed E-state index contributed by atoms with van der Waals surface area (Å²) in [5.74, 6) is -1.50. The second-order valence-corrected chi connectivity index (χ2v) is 31.3. The van der Waals surface area contributed by atoms with Gasteiger partial charge in [0.25, 0.3) is 0 Å². The number of aliphatic carboxylic acids is 1. The third-order valence-electron chi connectivity index (χ3n) is 20.3. The summed E-state index contributed by atoms with van der Waals surface area (Å²) in [6.07, 6.45) is -10.5. The molecule has 109 heavy (non-hydrogen) atoms. The van der Waals surface area contributed by atoms with Crippen LogP contribution in [0.4, 0.5) is 79.3 Å². The molecule has 6 aliphatic rings. The Bertz CT molecular complexity index is 4140. The highest BCUT2D eigenvalue weighted by atomic mass is 19.4. The van der Waals surface area contributed by atoms with E-state index in [0.717, 1.165) is 30.4 Å². The smallest absolute Gasteiger partial charge is 0.418 e. The molecule has 6 N–H and O–H groups in total. The molecule has 0 aliphatic carbocycles. The molecule has 0 saturated carbocycles. The average molecular weight is 1550 g/mol. The van der Waals surface area contributed by atoms with Crippen LogP contribution < -0.4 is 36.4 Å². The van der Waals surface area contributed by atoms with Crippen LogP contribution in [0.2, 0.25) is 0 Å². The molecular formula is C77H100F12N12O8. The number of benzene rings is 3. The number of nitrogens with two attached hydrogens (primary N) is 1. The van der Waals surface area contributed by atoms with Crippen molar-refractivity contribution in [1.82, 2.24) is 40.7 Å². The van der Waals surface area contributed by atoms with E-state index in [1.165, 1.54) is 46.6 Å². The molecule has 0 radical (unpaired) electrons. The fraction of sp³-hybridized carbons (Fsp3) is 0.584. The highest BCUT2D eigenvalue weighted by molar-refractivity contribution is 5.96. The lowest BCUT2D eigenvalue weighted by molar-refractivity contribution is -0.141. The summed E-state index contributed by atoms with van der Waals surface area (Å²) in [5, 5.41) is 18.9. The van der Waals surface area contributed by atoms with Crippen LogP contribution >= 0.6 is 0 Å². The van der Waals surface area contributed by atoms with Crippen LogP contribution in [0.15, 0.2) is 91.4 Å². The topological polar surface area (TPSA) is 241 Å². The van der Waals surface area contributed by atoms with E-state index in [0.29, 0.717) is 92.1 Å². The van der Waals surface area contributed by atoms with E-state index in [9.17, 15) is 72.3 Å². The summed E-state index contributed by atoms with van der Waals surface area (Å²) in [4.78, 5) is 80.5. The molecule has 0 unspecified atom stereocenters. The van der Waals surface area contributed by atoms with Gasteiger partial charge in [-0.25, -0.2) is 22.8 Å². The lowest BCUT2D eigenvalue weighted by Gasteiger charge is -2.37. The summed E-state index contributed by atoms with van der Waals surface area (Å²) < 4.78 is 175. The number of alkyl halides is 12. The molecule has 3 aromatic carbocycles. The lowest BCUT2D eigenvalue weighted by Crippen LogP contribution is -2.49. The van der Waals surface area contributed by atoms with Crippen LogP contribution in [0, 0.1) is 17.8 Å². The molecule has 6 aromatic rings.